The van der Waals surface area contributed by atoms with Gasteiger partial charge in [-0.1, -0.05) is 6.08 Å². The van der Waals surface area contributed by atoms with E-state index in [0.29, 0.717) is 18.1 Å². The summed E-state index contributed by atoms with van der Waals surface area (Å²) in [7, 11) is 0. The van der Waals surface area contributed by atoms with E-state index in [-0.39, 0.29) is 5.97 Å². The molecule has 0 aromatic heterocycles. The number of hydrogen-bond acceptors (Lipinski definition) is 2. The number of alkyl halides is 1. The maximum Gasteiger partial charge on any atom is 0.333 e. The molecular formula is C7H11ClO2. The van der Waals surface area contributed by atoms with Gasteiger partial charge in [0, 0.05) is 11.5 Å². The van der Waals surface area contributed by atoms with Gasteiger partial charge in [-0.2, -0.15) is 0 Å². The topological polar surface area (TPSA) is 26.3 Å². The normalized spacial score (nSPS) is 11.3. The molecule has 2 nitrogen and oxygen atoms in total. The molecule has 0 aromatic carbocycles. The third-order valence-electron chi connectivity index (χ3n) is 0.981. The van der Waals surface area contributed by atoms with Crippen molar-refractivity contribution < 1.29 is 9.53 Å². The maximum absolute atomic E-state index is 10.8. The van der Waals surface area contributed by atoms with Gasteiger partial charge in [0.1, 0.15) is 0 Å². The van der Waals surface area contributed by atoms with Gasteiger partial charge in [0.05, 0.1) is 6.61 Å². The first kappa shape index (κ1) is 9.50. The van der Waals surface area contributed by atoms with E-state index in [1.807, 2.05) is 0 Å². The Bertz CT molecular complexity index is 141. The predicted octanol–water partition coefficient (Wildman–Crippen LogP) is 1.73. The molecule has 0 amide bonds. The van der Waals surface area contributed by atoms with Crippen molar-refractivity contribution in [3.63, 3.8) is 0 Å². The smallest absolute Gasteiger partial charge is 0.333 e. The molecule has 0 N–H and O–H groups in total. The first-order valence-electron chi connectivity index (χ1n) is 3.12. The molecular weight excluding hydrogens is 152 g/mol. The third kappa shape index (κ3) is 3.51. The molecule has 0 saturated heterocycles. The van der Waals surface area contributed by atoms with Crippen LogP contribution >= 0.6 is 11.6 Å². The summed E-state index contributed by atoms with van der Waals surface area (Å²) in [4.78, 5) is 10.8. The molecule has 0 aliphatic rings. The van der Waals surface area contributed by atoms with E-state index >= 15 is 0 Å². The van der Waals surface area contributed by atoms with Crippen molar-refractivity contribution in [2.45, 2.75) is 13.8 Å². The van der Waals surface area contributed by atoms with E-state index in [2.05, 4.69) is 0 Å². The second-order valence-electron chi connectivity index (χ2n) is 1.76. The lowest BCUT2D eigenvalue weighted by atomic mass is 10.3. The van der Waals surface area contributed by atoms with Crippen LogP contribution in [0.4, 0.5) is 0 Å². The number of ether oxygens (including phenoxy) is 1. The van der Waals surface area contributed by atoms with Gasteiger partial charge in [0.25, 0.3) is 0 Å². The van der Waals surface area contributed by atoms with Gasteiger partial charge >= 0.3 is 5.97 Å². The van der Waals surface area contributed by atoms with Gasteiger partial charge in [-0.3, -0.25) is 0 Å². The van der Waals surface area contributed by atoms with Crippen molar-refractivity contribution in [3.05, 3.63) is 11.6 Å². The van der Waals surface area contributed by atoms with Crippen LogP contribution in [0.3, 0.4) is 0 Å². The van der Waals surface area contributed by atoms with Gasteiger partial charge in [-0.05, 0) is 13.8 Å². The van der Waals surface area contributed by atoms with Crippen LogP contribution in [0.25, 0.3) is 0 Å². The summed E-state index contributed by atoms with van der Waals surface area (Å²) in [5.41, 5.74) is 0.567. The van der Waals surface area contributed by atoms with Gasteiger partial charge in [-0.15, -0.1) is 11.6 Å². The summed E-state index contributed by atoms with van der Waals surface area (Å²) in [6.07, 6.45) is 1.62. The number of hydrogen-bond donors (Lipinski definition) is 0. The van der Waals surface area contributed by atoms with Crippen LogP contribution in [0, 0.1) is 0 Å². The van der Waals surface area contributed by atoms with Crippen LogP contribution in [-0.4, -0.2) is 18.5 Å². The molecule has 0 bridgehead atoms. The fourth-order valence-corrected chi connectivity index (χ4v) is 0.675. The lowest BCUT2D eigenvalue weighted by Crippen LogP contribution is -2.04. The molecule has 10 heavy (non-hydrogen) atoms. The molecule has 0 spiro atoms. The monoisotopic (exact) mass is 162 g/mol. The maximum atomic E-state index is 10.8. The minimum absolute atomic E-state index is 0.289. The van der Waals surface area contributed by atoms with Crippen molar-refractivity contribution in [1.29, 1.82) is 0 Å². The lowest BCUT2D eigenvalue weighted by Gasteiger charge is -1.99. The Kier molecular flexibility index (Phi) is 5.03. The quantitative estimate of drug-likeness (QED) is 0.359. The number of esters is 1. The number of allylic oxidation sites excluding steroid dienone is 1. The summed E-state index contributed by atoms with van der Waals surface area (Å²) >= 11 is 5.36. The molecule has 0 aliphatic heterocycles. The number of rotatable bonds is 3. The standard InChI is InChI=1S/C7H11ClO2/c1-3-10-7(9)6(2)4-5-8/h4H,3,5H2,1-2H3/b6-4-. The van der Waals surface area contributed by atoms with Crippen LogP contribution in [0.5, 0.6) is 0 Å². The Labute approximate surface area is 65.8 Å². The number of carbonyl (C=O) groups is 1. The van der Waals surface area contributed by atoms with E-state index in [0.717, 1.165) is 0 Å². The third-order valence-corrected chi connectivity index (χ3v) is 1.14. The Morgan fingerprint density at radius 2 is 2.30 bits per heavy atom. The van der Waals surface area contributed by atoms with Crippen LogP contribution in [-0.2, 0) is 9.53 Å². The molecule has 0 aromatic rings. The van der Waals surface area contributed by atoms with Crippen molar-refractivity contribution >= 4 is 17.6 Å². The average Bonchev–Trinajstić information content (AvgIpc) is 1.89. The van der Waals surface area contributed by atoms with E-state index in [1.54, 1.807) is 19.9 Å². The number of carbonyl (C=O) groups excluding carboxylic acids is 1. The predicted molar refractivity (Wildman–Crippen MR) is 41.1 cm³/mol. The zero-order chi connectivity index (χ0) is 7.98. The molecule has 0 unspecified atom stereocenters. The van der Waals surface area contributed by atoms with Gasteiger partial charge in [0.15, 0.2) is 0 Å². The fourth-order valence-electron chi connectivity index (χ4n) is 0.444. The minimum Gasteiger partial charge on any atom is -0.463 e. The molecule has 0 fully saturated rings. The molecule has 58 valence electrons. The Morgan fingerprint density at radius 3 is 2.70 bits per heavy atom. The summed E-state index contributed by atoms with van der Waals surface area (Å²) < 4.78 is 4.69. The highest BCUT2D eigenvalue weighted by Crippen LogP contribution is 1.96. The van der Waals surface area contributed by atoms with Gasteiger partial charge in [-0.25, -0.2) is 4.79 Å². The molecule has 0 saturated carbocycles. The van der Waals surface area contributed by atoms with Crippen molar-refractivity contribution in [1.82, 2.24) is 0 Å². The molecule has 0 heterocycles. The second-order valence-corrected chi connectivity index (χ2v) is 2.07. The molecule has 0 radical (unpaired) electrons. The first-order chi connectivity index (χ1) is 4.72. The lowest BCUT2D eigenvalue weighted by molar-refractivity contribution is -0.138. The summed E-state index contributed by atoms with van der Waals surface area (Å²) in [5, 5.41) is 0. The van der Waals surface area contributed by atoms with Crippen LogP contribution in [0.2, 0.25) is 0 Å². The Morgan fingerprint density at radius 1 is 1.70 bits per heavy atom. The highest BCUT2D eigenvalue weighted by atomic mass is 35.5. The average molecular weight is 163 g/mol. The number of halogens is 1. The zero-order valence-corrected chi connectivity index (χ0v) is 6.94. The van der Waals surface area contributed by atoms with Crippen LogP contribution in [0.15, 0.2) is 11.6 Å². The highest BCUT2D eigenvalue weighted by molar-refractivity contribution is 6.19. The Balaban J connectivity index is 3.82. The van der Waals surface area contributed by atoms with E-state index in [4.69, 9.17) is 16.3 Å². The highest BCUT2D eigenvalue weighted by Gasteiger charge is 2.01. The van der Waals surface area contributed by atoms with E-state index in [9.17, 15) is 4.79 Å². The SMILES string of the molecule is CCOC(=O)/C(C)=C\CCl. The van der Waals surface area contributed by atoms with Gasteiger partial charge in [0.2, 0.25) is 0 Å². The molecule has 3 heteroatoms. The molecule has 0 rings (SSSR count). The summed E-state index contributed by atoms with van der Waals surface area (Å²) in [6.45, 7) is 3.86. The van der Waals surface area contributed by atoms with Crippen LogP contribution < -0.4 is 0 Å². The minimum atomic E-state index is -0.289. The van der Waals surface area contributed by atoms with Gasteiger partial charge < -0.3 is 4.74 Å². The van der Waals surface area contributed by atoms with Crippen molar-refractivity contribution in [2.24, 2.45) is 0 Å². The second kappa shape index (κ2) is 5.30. The van der Waals surface area contributed by atoms with E-state index in [1.165, 1.54) is 0 Å². The van der Waals surface area contributed by atoms with E-state index < -0.39 is 0 Å². The van der Waals surface area contributed by atoms with Crippen molar-refractivity contribution in [2.75, 3.05) is 12.5 Å². The molecule has 0 atom stereocenters. The largest absolute Gasteiger partial charge is 0.463 e. The summed E-state index contributed by atoms with van der Waals surface area (Å²) in [6, 6.07) is 0. The van der Waals surface area contributed by atoms with Crippen LogP contribution in [0.1, 0.15) is 13.8 Å². The summed E-state index contributed by atoms with van der Waals surface area (Å²) in [5.74, 6) is 0.0631. The Hall–Kier alpha value is -0.500. The zero-order valence-electron chi connectivity index (χ0n) is 6.19. The fraction of sp³-hybridized carbons (Fsp3) is 0.571. The van der Waals surface area contributed by atoms with Crippen molar-refractivity contribution in [3.8, 4) is 0 Å². The first-order valence-corrected chi connectivity index (χ1v) is 3.65. The molecule has 0 aliphatic carbocycles.